The van der Waals surface area contributed by atoms with Crippen molar-refractivity contribution in [1.29, 1.82) is 0 Å². The van der Waals surface area contributed by atoms with Crippen LogP contribution in [-0.2, 0) is 41.9 Å². The molecule has 0 fully saturated rings. The smallest absolute Gasteiger partial charge is 0.328 e. The van der Waals surface area contributed by atoms with Gasteiger partial charge in [0.25, 0.3) is 0 Å². The van der Waals surface area contributed by atoms with Crippen LogP contribution in [0.1, 0.15) is 53.3 Å². The van der Waals surface area contributed by atoms with Gasteiger partial charge >= 0.3 is 11.9 Å². The van der Waals surface area contributed by atoms with Gasteiger partial charge in [-0.2, -0.15) is 0 Å². The van der Waals surface area contributed by atoms with Gasteiger partial charge in [0.2, 0.25) is 5.56 Å². The summed E-state index contributed by atoms with van der Waals surface area (Å²) in [7, 11) is 0. The van der Waals surface area contributed by atoms with E-state index in [9.17, 15) is 19.5 Å². The summed E-state index contributed by atoms with van der Waals surface area (Å²) in [4.78, 5) is 34.3. The molecule has 1 aliphatic carbocycles. The van der Waals surface area contributed by atoms with E-state index >= 15 is 0 Å². The van der Waals surface area contributed by atoms with E-state index in [2.05, 4.69) is 36.3 Å². The van der Waals surface area contributed by atoms with Crippen LogP contribution in [0.25, 0.3) is 10.9 Å². The Kier molecular flexibility index (Phi) is 11.1. The Balaban J connectivity index is 0.000000488. The van der Waals surface area contributed by atoms with Crippen LogP contribution >= 0.6 is 0 Å². The third-order valence-corrected chi connectivity index (χ3v) is 7.71. The maximum absolute atomic E-state index is 12.2. The van der Waals surface area contributed by atoms with Crippen molar-refractivity contribution in [3.05, 3.63) is 123 Å². The molecule has 5 rings (SSSR count). The molecule has 0 aliphatic heterocycles. The summed E-state index contributed by atoms with van der Waals surface area (Å²) in [5, 5.41) is 30.6. The van der Waals surface area contributed by atoms with Crippen molar-refractivity contribution in [2.45, 2.75) is 58.2 Å². The molecule has 0 spiro atoms. The van der Waals surface area contributed by atoms with Gasteiger partial charge in [0, 0.05) is 29.6 Å². The highest BCUT2D eigenvalue weighted by Crippen LogP contribution is 2.32. The zero-order valence-corrected chi connectivity index (χ0v) is 24.9. The highest BCUT2D eigenvalue weighted by Gasteiger charge is 2.26. The van der Waals surface area contributed by atoms with Crippen LogP contribution in [0, 0.1) is 0 Å². The Morgan fingerprint density at radius 3 is 2.09 bits per heavy atom. The van der Waals surface area contributed by atoms with Gasteiger partial charge in [-0.05, 0) is 71.2 Å². The number of aliphatic hydroxyl groups is 1. The molecule has 0 saturated carbocycles. The highest BCUT2D eigenvalue weighted by atomic mass is 16.5. The number of pyridine rings is 1. The molecule has 9 nitrogen and oxygen atoms in total. The van der Waals surface area contributed by atoms with Crippen LogP contribution in [0.15, 0.2) is 83.7 Å². The van der Waals surface area contributed by atoms with Crippen LogP contribution in [-0.4, -0.2) is 44.9 Å². The average Bonchev–Trinajstić information content (AvgIpc) is 3.42. The van der Waals surface area contributed by atoms with Crippen molar-refractivity contribution in [3.63, 3.8) is 0 Å². The molecule has 1 atom stereocenters. The standard InChI is InChI=1S/C31H34N2O3.C4H4O4/c1-3-21-14-23-16-25(17-24(23)15-22(21)4-2)32-28(18-34)26-10-12-29(31-27(26)11-13-30(35)33-31)36-19-20-8-6-5-7-9-20;5-3(6)1-2-4(7)8/h5-15,25,28,32,34H,3-4,16-19H2,1-2H3,(H,33,35);1-2H,(H,5,6)(H,7,8)/b;2-1-. The fourth-order valence-corrected chi connectivity index (χ4v) is 5.63. The van der Waals surface area contributed by atoms with E-state index in [1.54, 1.807) is 0 Å². The number of carbonyl (C=O) groups is 2. The fourth-order valence-electron chi connectivity index (χ4n) is 5.63. The van der Waals surface area contributed by atoms with E-state index in [-0.39, 0.29) is 24.2 Å². The summed E-state index contributed by atoms with van der Waals surface area (Å²) in [6.07, 6.45) is 5.13. The molecule has 9 heteroatoms. The van der Waals surface area contributed by atoms with Gasteiger partial charge in [-0.25, -0.2) is 9.59 Å². The number of aromatic nitrogens is 1. The molecule has 1 aromatic heterocycles. The number of aliphatic hydroxyl groups excluding tert-OH is 1. The molecule has 1 unspecified atom stereocenters. The molecule has 44 heavy (non-hydrogen) atoms. The Bertz CT molecular complexity index is 1650. The monoisotopic (exact) mass is 598 g/mol. The summed E-state index contributed by atoms with van der Waals surface area (Å²) in [5.41, 5.74) is 8.20. The quantitative estimate of drug-likeness (QED) is 0.156. The fraction of sp³-hybridized carbons (Fsp3) is 0.286. The molecular weight excluding hydrogens is 560 g/mol. The number of rotatable bonds is 11. The second-order valence-electron chi connectivity index (χ2n) is 10.7. The Morgan fingerprint density at radius 2 is 1.55 bits per heavy atom. The maximum atomic E-state index is 12.2. The number of H-pyrrole nitrogens is 1. The molecule has 3 aromatic carbocycles. The van der Waals surface area contributed by atoms with Gasteiger partial charge in [0.15, 0.2) is 0 Å². The predicted molar refractivity (Wildman–Crippen MR) is 169 cm³/mol. The summed E-state index contributed by atoms with van der Waals surface area (Å²) >= 11 is 0. The number of carboxylic acid groups (broad SMARTS) is 2. The van der Waals surface area contributed by atoms with Crippen molar-refractivity contribution in [2.24, 2.45) is 0 Å². The SMILES string of the molecule is CCc1cc2c(cc1CC)CC(NC(CO)c1ccc(OCc3ccccc3)c3[nH]c(=O)ccc13)C2.O=C(O)/C=C\C(=O)O. The second-order valence-corrected chi connectivity index (χ2v) is 10.7. The van der Waals surface area contributed by atoms with Crippen LogP contribution in [0.5, 0.6) is 5.75 Å². The van der Waals surface area contributed by atoms with E-state index in [0.717, 1.165) is 42.2 Å². The largest absolute Gasteiger partial charge is 0.487 e. The second kappa shape index (κ2) is 15.1. The van der Waals surface area contributed by atoms with Crippen molar-refractivity contribution < 1.29 is 29.6 Å². The molecule has 0 saturated heterocycles. The minimum atomic E-state index is -1.26. The van der Waals surface area contributed by atoms with Crippen LogP contribution < -0.4 is 15.6 Å². The molecule has 5 N–H and O–H groups in total. The molecular formula is C35H38N2O7. The lowest BCUT2D eigenvalue weighted by Gasteiger charge is -2.23. The van der Waals surface area contributed by atoms with Crippen molar-refractivity contribution in [3.8, 4) is 5.75 Å². The number of benzene rings is 3. The first-order chi connectivity index (χ1) is 21.2. The lowest BCUT2D eigenvalue weighted by Crippen LogP contribution is -2.35. The van der Waals surface area contributed by atoms with E-state index < -0.39 is 11.9 Å². The Hall–Kier alpha value is -4.73. The number of ether oxygens (including phenoxy) is 1. The van der Waals surface area contributed by atoms with Gasteiger partial charge in [0.05, 0.1) is 18.2 Å². The minimum absolute atomic E-state index is 0.0360. The topological polar surface area (TPSA) is 149 Å². The molecule has 1 heterocycles. The highest BCUT2D eigenvalue weighted by molar-refractivity contribution is 5.89. The van der Waals surface area contributed by atoms with Crippen molar-refractivity contribution in [1.82, 2.24) is 10.3 Å². The first-order valence-electron chi connectivity index (χ1n) is 14.7. The van der Waals surface area contributed by atoms with Gasteiger partial charge < -0.3 is 30.4 Å². The van der Waals surface area contributed by atoms with Crippen LogP contribution in [0.3, 0.4) is 0 Å². The van der Waals surface area contributed by atoms with Crippen molar-refractivity contribution in [2.75, 3.05) is 6.61 Å². The number of hydrogen-bond donors (Lipinski definition) is 5. The summed E-state index contributed by atoms with van der Waals surface area (Å²) in [5.74, 6) is -1.89. The van der Waals surface area contributed by atoms with Gasteiger partial charge in [0.1, 0.15) is 12.4 Å². The average molecular weight is 599 g/mol. The number of aryl methyl sites for hydroxylation is 2. The number of aliphatic carboxylic acids is 2. The zero-order valence-electron chi connectivity index (χ0n) is 24.9. The first-order valence-corrected chi connectivity index (χ1v) is 14.7. The predicted octanol–water partition coefficient (Wildman–Crippen LogP) is 4.73. The minimum Gasteiger partial charge on any atom is -0.487 e. The summed E-state index contributed by atoms with van der Waals surface area (Å²) < 4.78 is 6.10. The van der Waals surface area contributed by atoms with E-state index in [1.807, 2.05) is 48.5 Å². The molecule has 0 bridgehead atoms. The molecule has 4 aromatic rings. The van der Waals surface area contributed by atoms with Gasteiger partial charge in [-0.3, -0.25) is 4.79 Å². The molecule has 230 valence electrons. The lowest BCUT2D eigenvalue weighted by molar-refractivity contribution is -0.134. The van der Waals surface area contributed by atoms with E-state index in [4.69, 9.17) is 14.9 Å². The number of hydrogen-bond acceptors (Lipinski definition) is 6. The first kappa shape index (κ1) is 32.2. The number of carboxylic acids is 2. The Morgan fingerprint density at radius 1 is 0.932 bits per heavy atom. The molecule has 0 amide bonds. The van der Waals surface area contributed by atoms with Crippen LogP contribution in [0.4, 0.5) is 0 Å². The summed E-state index contributed by atoms with van der Waals surface area (Å²) in [6, 6.07) is 22.0. The third-order valence-electron chi connectivity index (χ3n) is 7.71. The summed E-state index contributed by atoms with van der Waals surface area (Å²) in [6.45, 7) is 4.81. The number of nitrogens with one attached hydrogen (secondary N) is 2. The van der Waals surface area contributed by atoms with E-state index in [1.165, 1.54) is 28.3 Å². The maximum Gasteiger partial charge on any atom is 0.328 e. The van der Waals surface area contributed by atoms with Gasteiger partial charge in [-0.15, -0.1) is 0 Å². The van der Waals surface area contributed by atoms with E-state index in [0.29, 0.717) is 30.0 Å². The normalized spacial score (nSPS) is 13.3. The third kappa shape index (κ3) is 8.21. The molecule has 1 aliphatic rings. The number of aromatic amines is 1. The molecule has 0 radical (unpaired) electrons. The van der Waals surface area contributed by atoms with Crippen molar-refractivity contribution >= 4 is 22.8 Å². The number of fused-ring (bicyclic) bond motifs is 2. The van der Waals surface area contributed by atoms with Crippen LogP contribution in [0.2, 0.25) is 0 Å². The zero-order chi connectivity index (χ0) is 31.6. The lowest BCUT2D eigenvalue weighted by atomic mass is 9.97. The Labute approximate surface area is 255 Å². The van der Waals surface area contributed by atoms with Gasteiger partial charge in [-0.1, -0.05) is 62.4 Å².